The van der Waals surface area contributed by atoms with Crippen molar-refractivity contribution in [3.8, 4) is 0 Å². The fraction of sp³-hybridized carbons (Fsp3) is 0.789. The van der Waals surface area contributed by atoms with E-state index in [2.05, 4.69) is 96.3 Å². The molecule has 0 aromatic carbocycles. The molecule has 0 aliphatic heterocycles. The second-order valence-corrected chi connectivity index (χ2v) is 14.8. The lowest BCUT2D eigenvalue weighted by atomic mass is 10.1. The Kier molecular flexibility index (Phi) is 10.5. The molecule has 0 amide bonds. The van der Waals surface area contributed by atoms with Crippen molar-refractivity contribution in [3.05, 3.63) is 23.3 Å². The highest BCUT2D eigenvalue weighted by atomic mass is 127. The third-order valence-corrected chi connectivity index (χ3v) is 9.40. The van der Waals surface area contributed by atoms with Crippen LogP contribution in [0, 0.1) is 0 Å². The molecular formula is C19H37IO2Si. The number of alkyl halides is 1. The predicted octanol–water partition coefficient (Wildman–Crippen LogP) is 6.87. The zero-order valence-electron chi connectivity index (χ0n) is 16.6. The summed E-state index contributed by atoms with van der Waals surface area (Å²) in [6.07, 6.45) is 6.56. The van der Waals surface area contributed by atoms with E-state index < -0.39 is 8.32 Å². The summed E-state index contributed by atoms with van der Waals surface area (Å²) >= 11 is 2.40. The average molecular weight is 452 g/mol. The molecule has 0 aromatic rings. The van der Waals surface area contributed by atoms with Crippen LogP contribution >= 0.6 is 22.6 Å². The molecule has 0 aromatic heterocycles. The summed E-state index contributed by atoms with van der Waals surface area (Å²) in [6.45, 7) is 20.6. The summed E-state index contributed by atoms with van der Waals surface area (Å²) in [6, 6.07) is 0. The van der Waals surface area contributed by atoms with Crippen LogP contribution in [0.4, 0.5) is 0 Å². The third-order valence-electron chi connectivity index (χ3n) is 4.38. The lowest BCUT2D eigenvalue weighted by molar-refractivity contribution is -0.0725. The van der Waals surface area contributed by atoms with Crippen LogP contribution in [-0.2, 0) is 9.16 Å². The molecular weight excluding hydrogens is 415 g/mol. The summed E-state index contributed by atoms with van der Waals surface area (Å²) in [5.74, 6) is 0. The van der Waals surface area contributed by atoms with Gasteiger partial charge in [-0.1, -0.05) is 66.7 Å². The Labute approximate surface area is 159 Å². The quantitative estimate of drug-likeness (QED) is 0.125. The van der Waals surface area contributed by atoms with Crippen molar-refractivity contribution in [2.24, 2.45) is 0 Å². The number of hydrogen-bond donors (Lipinski definition) is 0. The fourth-order valence-corrected chi connectivity index (χ4v) is 3.54. The van der Waals surface area contributed by atoms with E-state index in [1.807, 2.05) is 0 Å². The molecule has 0 unspecified atom stereocenters. The van der Waals surface area contributed by atoms with Crippen LogP contribution < -0.4 is 0 Å². The van der Waals surface area contributed by atoms with Crippen LogP contribution in [0.3, 0.4) is 0 Å². The first-order chi connectivity index (χ1) is 10.4. The highest BCUT2D eigenvalue weighted by Gasteiger charge is 2.40. The van der Waals surface area contributed by atoms with Gasteiger partial charge in [0.2, 0.25) is 0 Å². The van der Waals surface area contributed by atoms with Crippen LogP contribution in [-0.4, -0.2) is 25.1 Å². The van der Waals surface area contributed by atoms with Gasteiger partial charge in [-0.15, -0.1) is 0 Å². The zero-order valence-corrected chi connectivity index (χ0v) is 19.8. The van der Waals surface area contributed by atoms with Crippen LogP contribution in [0.2, 0.25) is 18.1 Å². The second-order valence-electron chi connectivity index (χ2n) is 8.13. The smallest absolute Gasteiger partial charge is 0.195 e. The summed E-state index contributed by atoms with van der Waals surface area (Å²) in [7, 11) is -1.80. The minimum Gasteiger partial charge on any atom is -0.391 e. The van der Waals surface area contributed by atoms with Crippen molar-refractivity contribution in [1.29, 1.82) is 0 Å². The second kappa shape index (κ2) is 10.4. The fourth-order valence-electron chi connectivity index (χ4n) is 1.70. The minimum atomic E-state index is -1.80. The van der Waals surface area contributed by atoms with Gasteiger partial charge in [-0.25, -0.2) is 0 Å². The molecule has 2 atom stereocenters. The maximum absolute atomic E-state index is 6.43. The van der Waals surface area contributed by atoms with Crippen molar-refractivity contribution in [2.75, 3.05) is 6.61 Å². The van der Waals surface area contributed by atoms with Crippen LogP contribution in [0.5, 0.6) is 0 Å². The van der Waals surface area contributed by atoms with E-state index in [4.69, 9.17) is 9.16 Å². The van der Waals surface area contributed by atoms with Gasteiger partial charge < -0.3 is 9.16 Å². The Morgan fingerprint density at radius 2 is 1.70 bits per heavy atom. The first kappa shape index (κ1) is 23.3. The molecule has 0 spiro atoms. The Morgan fingerprint density at radius 1 is 1.13 bits per heavy atom. The van der Waals surface area contributed by atoms with Crippen LogP contribution in [0.25, 0.3) is 0 Å². The average Bonchev–Trinajstić information content (AvgIpc) is 2.35. The first-order valence-electron chi connectivity index (χ1n) is 8.59. The lowest BCUT2D eigenvalue weighted by Gasteiger charge is -2.39. The van der Waals surface area contributed by atoms with E-state index in [1.54, 1.807) is 0 Å². The predicted molar refractivity (Wildman–Crippen MR) is 114 cm³/mol. The van der Waals surface area contributed by atoms with Crippen molar-refractivity contribution in [3.63, 3.8) is 0 Å². The largest absolute Gasteiger partial charge is 0.391 e. The molecule has 0 saturated carbocycles. The number of halogens is 1. The van der Waals surface area contributed by atoms with Crippen LogP contribution in [0.1, 0.15) is 61.3 Å². The monoisotopic (exact) mass is 452 g/mol. The van der Waals surface area contributed by atoms with E-state index in [0.29, 0.717) is 10.5 Å². The topological polar surface area (TPSA) is 18.5 Å². The lowest BCUT2D eigenvalue weighted by Crippen LogP contribution is -2.46. The Bertz CT molecular complexity index is 402. The van der Waals surface area contributed by atoms with Gasteiger partial charge in [-0.3, -0.25) is 0 Å². The van der Waals surface area contributed by atoms with E-state index in [9.17, 15) is 0 Å². The Morgan fingerprint density at radius 3 is 2.13 bits per heavy atom. The maximum Gasteiger partial charge on any atom is 0.195 e. The van der Waals surface area contributed by atoms with Gasteiger partial charge >= 0.3 is 0 Å². The van der Waals surface area contributed by atoms with E-state index >= 15 is 0 Å². The molecule has 0 aliphatic carbocycles. The molecule has 0 saturated heterocycles. The molecule has 0 aliphatic rings. The Hall–Kier alpha value is 0.347. The zero-order chi connectivity index (χ0) is 18.3. The van der Waals surface area contributed by atoms with Crippen molar-refractivity contribution in [2.45, 2.75) is 89.7 Å². The van der Waals surface area contributed by atoms with Gasteiger partial charge in [0.15, 0.2) is 14.6 Å². The molecule has 0 radical (unpaired) electrons. The molecule has 0 fully saturated rings. The molecule has 4 heteroatoms. The maximum atomic E-state index is 6.43. The first-order valence-corrected chi connectivity index (χ1v) is 12.7. The van der Waals surface area contributed by atoms with Gasteiger partial charge in [-0.2, -0.15) is 0 Å². The normalized spacial score (nSPS) is 16.2. The van der Waals surface area contributed by atoms with Crippen molar-refractivity contribution >= 4 is 30.9 Å². The molecule has 0 bridgehead atoms. The third kappa shape index (κ3) is 10.0. The number of allylic oxidation sites excluding steroid dienone is 3. The van der Waals surface area contributed by atoms with Crippen molar-refractivity contribution < 1.29 is 9.16 Å². The summed E-state index contributed by atoms with van der Waals surface area (Å²) in [4.78, 5) is 0. The van der Waals surface area contributed by atoms with Gasteiger partial charge in [0.05, 0.1) is 10.5 Å². The highest BCUT2D eigenvalue weighted by Crippen LogP contribution is 2.38. The molecule has 0 N–H and O–H groups in total. The highest BCUT2D eigenvalue weighted by molar-refractivity contribution is 14.1. The van der Waals surface area contributed by atoms with Gasteiger partial charge in [-0.05, 0) is 58.7 Å². The van der Waals surface area contributed by atoms with E-state index in [0.717, 1.165) is 12.8 Å². The minimum absolute atomic E-state index is 0.127. The summed E-state index contributed by atoms with van der Waals surface area (Å²) in [5, 5.41) is 0.205. The molecule has 0 heterocycles. The standard InChI is InChI=1S/C19H37IO2Si/c1-15(2)11-10-12-16(3)13-14-21-18(17(4)20)22-23(8,9)19(5,6)7/h11,13,17-18H,10,12,14H2,1-9H3/b16-13+/t17-,18-/m1/s1. The van der Waals surface area contributed by atoms with E-state index in [-0.39, 0.29) is 11.3 Å². The van der Waals surface area contributed by atoms with Gasteiger partial charge in [0, 0.05) is 0 Å². The Balaban J connectivity index is 4.54. The van der Waals surface area contributed by atoms with Crippen LogP contribution in [0.15, 0.2) is 23.3 Å². The number of ether oxygens (including phenoxy) is 1. The molecule has 136 valence electrons. The van der Waals surface area contributed by atoms with Gasteiger partial charge in [0.25, 0.3) is 0 Å². The summed E-state index contributed by atoms with van der Waals surface area (Å²) in [5.41, 5.74) is 2.77. The molecule has 23 heavy (non-hydrogen) atoms. The SMILES string of the molecule is CC(C)=CCC/C(C)=C/CO[C@H](O[Si](C)(C)C(C)(C)C)[C@@H](C)I. The van der Waals surface area contributed by atoms with Gasteiger partial charge in [0.1, 0.15) is 0 Å². The number of hydrogen-bond acceptors (Lipinski definition) is 2. The van der Waals surface area contributed by atoms with Crippen molar-refractivity contribution in [1.82, 2.24) is 0 Å². The molecule has 0 rings (SSSR count). The van der Waals surface area contributed by atoms with E-state index in [1.165, 1.54) is 11.1 Å². The number of rotatable bonds is 9. The summed E-state index contributed by atoms with van der Waals surface area (Å²) < 4.78 is 12.8. The molecule has 2 nitrogen and oxygen atoms in total.